The van der Waals surface area contributed by atoms with Gasteiger partial charge in [-0.25, -0.2) is 4.79 Å². The van der Waals surface area contributed by atoms with Crippen molar-refractivity contribution >= 4 is 41.5 Å². The molecule has 0 bridgehead atoms. The van der Waals surface area contributed by atoms with Crippen LogP contribution in [0, 0.1) is 5.92 Å². The van der Waals surface area contributed by atoms with E-state index in [-0.39, 0.29) is 51.0 Å². The second kappa shape index (κ2) is 16.7. The van der Waals surface area contributed by atoms with Crippen LogP contribution in [-0.2, 0) is 28.8 Å². The number of carbonyl (C=O) groups is 6. The van der Waals surface area contributed by atoms with Gasteiger partial charge in [-0.3, -0.25) is 29.0 Å². The number of rotatable bonds is 18. The largest absolute Gasteiger partial charge is 0.480 e. The van der Waals surface area contributed by atoms with E-state index < -0.39 is 65.6 Å². The molecule has 0 fully saturated rings. The fraction of sp³-hybridized carbons (Fsp3) is 0.667. The Kier molecular flexibility index (Phi) is 14.9. The van der Waals surface area contributed by atoms with Crippen LogP contribution in [0.1, 0.15) is 52.4 Å². The Labute approximate surface area is 214 Å². The fourth-order valence-corrected chi connectivity index (χ4v) is 3.07. The Bertz CT molecular complexity index is 859. The van der Waals surface area contributed by atoms with Gasteiger partial charge < -0.3 is 49.7 Å². The minimum atomic E-state index is -1.33. The molecule has 0 radical (unpaired) electrons. The third-order valence-electron chi connectivity index (χ3n) is 5.16. The molecule has 0 aromatic carbocycles. The van der Waals surface area contributed by atoms with E-state index in [4.69, 9.17) is 28.7 Å². The number of guanidine groups is 1. The number of hydrogen-bond acceptors (Lipinski definition) is 8. The number of aliphatic imine (C=N–C) groups is 1. The van der Waals surface area contributed by atoms with Crippen molar-refractivity contribution in [3.8, 4) is 0 Å². The predicted octanol–water partition coefficient (Wildman–Crippen LogP) is -3.91. The van der Waals surface area contributed by atoms with Crippen LogP contribution < -0.4 is 44.6 Å². The molecule has 4 unspecified atom stereocenters. The topological polar surface area (TPSA) is 301 Å². The second-order valence-corrected chi connectivity index (χ2v) is 8.76. The first-order valence-corrected chi connectivity index (χ1v) is 11.7. The van der Waals surface area contributed by atoms with Crippen molar-refractivity contribution in [2.45, 2.75) is 76.5 Å². The van der Waals surface area contributed by atoms with Gasteiger partial charge in [-0.15, -0.1) is 0 Å². The summed E-state index contributed by atoms with van der Waals surface area (Å²) in [6.45, 7) is 3.41. The number of nitrogens with one attached hydrogen (secondary N) is 3. The van der Waals surface area contributed by atoms with E-state index in [1.165, 1.54) is 0 Å². The number of hydrogen-bond donors (Lipinski definition) is 9. The van der Waals surface area contributed by atoms with Gasteiger partial charge >= 0.3 is 5.97 Å². The van der Waals surface area contributed by atoms with E-state index in [9.17, 15) is 33.9 Å². The zero-order valence-corrected chi connectivity index (χ0v) is 21.1. The summed E-state index contributed by atoms with van der Waals surface area (Å²) in [4.78, 5) is 75.8. The quantitative estimate of drug-likeness (QED) is 0.0472. The molecule has 0 aliphatic carbocycles. The van der Waals surface area contributed by atoms with Gasteiger partial charge in [0.2, 0.25) is 29.5 Å². The predicted molar refractivity (Wildman–Crippen MR) is 133 cm³/mol. The van der Waals surface area contributed by atoms with Crippen molar-refractivity contribution in [1.29, 1.82) is 0 Å². The fourth-order valence-electron chi connectivity index (χ4n) is 3.07. The molecular weight excluding hydrogens is 490 g/mol. The van der Waals surface area contributed by atoms with Crippen LogP contribution in [-0.4, -0.2) is 77.3 Å². The lowest BCUT2D eigenvalue weighted by atomic mass is 10.0. The lowest BCUT2D eigenvalue weighted by Crippen LogP contribution is -2.58. The summed E-state index contributed by atoms with van der Waals surface area (Å²) in [5.41, 5.74) is 26.4. The lowest BCUT2D eigenvalue weighted by molar-refractivity contribution is -0.142. The van der Waals surface area contributed by atoms with Crippen molar-refractivity contribution in [2.24, 2.45) is 39.6 Å². The van der Waals surface area contributed by atoms with Crippen LogP contribution in [0.5, 0.6) is 0 Å². The van der Waals surface area contributed by atoms with Crippen LogP contribution in [0.3, 0.4) is 0 Å². The summed E-state index contributed by atoms with van der Waals surface area (Å²) in [7, 11) is 0. The van der Waals surface area contributed by atoms with Crippen molar-refractivity contribution in [3.05, 3.63) is 0 Å². The number of carboxylic acid groups (broad SMARTS) is 1. The van der Waals surface area contributed by atoms with Crippen molar-refractivity contribution in [3.63, 3.8) is 0 Å². The molecule has 5 amide bonds. The van der Waals surface area contributed by atoms with Crippen LogP contribution in [0.4, 0.5) is 0 Å². The van der Waals surface area contributed by atoms with Crippen LogP contribution in [0.15, 0.2) is 4.99 Å². The van der Waals surface area contributed by atoms with Gasteiger partial charge in [0.1, 0.15) is 18.1 Å². The summed E-state index contributed by atoms with van der Waals surface area (Å²) >= 11 is 0. The van der Waals surface area contributed by atoms with Gasteiger partial charge in [0.05, 0.1) is 6.04 Å². The van der Waals surface area contributed by atoms with Gasteiger partial charge in [-0.1, -0.05) is 13.8 Å². The number of nitrogens with two attached hydrogens (primary N) is 5. The number of carbonyl (C=O) groups excluding carboxylic acids is 5. The molecule has 0 heterocycles. The summed E-state index contributed by atoms with van der Waals surface area (Å²) < 4.78 is 0. The van der Waals surface area contributed by atoms with Crippen LogP contribution in [0.25, 0.3) is 0 Å². The molecule has 0 aromatic heterocycles. The van der Waals surface area contributed by atoms with Gasteiger partial charge in [0.15, 0.2) is 5.96 Å². The summed E-state index contributed by atoms with van der Waals surface area (Å²) in [6, 6.07) is -4.89. The first-order chi connectivity index (χ1) is 17.1. The molecule has 210 valence electrons. The summed E-state index contributed by atoms with van der Waals surface area (Å²) in [5, 5.41) is 16.7. The van der Waals surface area contributed by atoms with E-state index in [0.29, 0.717) is 0 Å². The first kappa shape index (κ1) is 33.0. The van der Waals surface area contributed by atoms with E-state index >= 15 is 0 Å². The molecule has 0 saturated carbocycles. The zero-order chi connectivity index (χ0) is 28.7. The molecule has 0 aliphatic rings. The Hall–Kier alpha value is -3.95. The van der Waals surface area contributed by atoms with Gasteiger partial charge in [0, 0.05) is 19.4 Å². The SMILES string of the molecule is CC(C)C(NC(=O)C(N)CCC(N)=O)C(=O)NC(CCC(N)=O)C(=O)NC(CCCN=C(N)N)C(=O)O. The Balaban J connectivity index is 5.46. The number of aliphatic carboxylic acids is 1. The monoisotopic (exact) mass is 529 g/mol. The minimum Gasteiger partial charge on any atom is -0.480 e. The average molecular weight is 530 g/mol. The highest BCUT2D eigenvalue weighted by molar-refractivity contribution is 5.94. The number of amides is 5. The minimum absolute atomic E-state index is 0.0117. The van der Waals surface area contributed by atoms with E-state index in [0.717, 1.165) is 0 Å². The molecular formula is C21H39N9O7. The Morgan fingerprint density at radius 2 is 1.30 bits per heavy atom. The van der Waals surface area contributed by atoms with E-state index in [2.05, 4.69) is 20.9 Å². The lowest BCUT2D eigenvalue weighted by Gasteiger charge is -2.27. The van der Waals surface area contributed by atoms with Gasteiger partial charge in [0.25, 0.3) is 0 Å². The van der Waals surface area contributed by atoms with E-state index in [1.54, 1.807) is 13.8 Å². The average Bonchev–Trinajstić information content (AvgIpc) is 2.79. The molecule has 4 atom stereocenters. The van der Waals surface area contributed by atoms with Crippen LogP contribution in [0.2, 0.25) is 0 Å². The van der Waals surface area contributed by atoms with Crippen molar-refractivity contribution < 1.29 is 33.9 Å². The van der Waals surface area contributed by atoms with Crippen molar-refractivity contribution in [2.75, 3.05) is 6.54 Å². The normalized spacial score (nSPS) is 13.9. The second-order valence-electron chi connectivity index (χ2n) is 8.76. The van der Waals surface area contributed by atoms with Crippen LogP contribution >= 0.6 is 0 Å². The molecule has 0 saturated heterocycles. The third kappa shape index (κ3) is 14.3. The summed E-state index contributed by atoms with van der Waals surface area (Å²) in [5.74, 6) is -5.66. The maximum absolute atomic E-state index is 13.0. The zero-order valence-electron chi connectivity index (χ0n) is 21.1. The number of primary amides is 2. The summed E-state index contributed by atoms with van der Waals surface area (Å²) in [6.07, 6.45) is -0.426. The third-order valence-corrected chi connectivity index (χ3v) is 5.16. The highest BCUT2D eigenvalue weighted by Crippen LogP contribution is 2.07. The first-order valence-electron chi connectivity index (χ1n) is 11.7. The number of nitrogens with zero attached hydrogens (tertiary/aromatic N) is 1. The maximum atomic E-state index is 13.0. The molecule has 0 aromatic rings. The molecule has 0 rings (SSSR count). The van der Waals surface area contributed by atoms with Gasteiger partial charge in [-0.2, -0.15) is 0 Å². The standard InChI is InChI=1S/C21H39N9O7/c1-10(2)16(30-17(33)11(22)5-7-14(23)31)19(35)28-12(6-8-15(24)32)18(34)29-13(20(36)37)4-3-9-27-21(25)26/h10-13,16H,3-9,22H2,1-2H3,(H2,23,31)(H2,24,32)(H,28,35)(H,29,34)(H,30,33)(H,36,37)(H4,25,26,27). The van der Waals surface area contributed by atoms with Crippen molar-refractivity contribution in [1.82, 2.24) is 16.0 Å². The molecule has 0 spiro atoms. The molecule has 16 nitrogen and oxygen atoms in total. The Morgan fingerprint density at radius 1 is 0.757 bits per heavy atom. The maximum Gasteiger partial charge on any atom is 0.326 e. The molecule has 16 heteroatoms. The Morgan fingerprint density at radius 3 is 1.78 bits per heavy atom. The van der Waals surface area contributed by atoms with Gasteiger partial charge in [-0.05, 0) is 31.6 Å². The highest BCUT2D eigenvalue weighted by atomic mass is 16.4. The molecule has 0 aliphatic heterocycles. The smallest absolute Gasteiger partial charge is 0.326 e. The number of carboxylic acids is 1. The molecule has 37 heavy (non-hydrogen) atoms. The van der Waals surface area contributed by atoms with E-state index in [1.807, 2.05) is 0 Å². The molecule has 14 N–H and O–H groups in total. The highest BCUT2D eigenvalue weighted by Gasteiger charge is 2.31.